The lowest BCUT2D eigenvalue weighted by Crippen LogP contribution is -2.13. The maximum atomic E-state index is 12.6. The molecule has 0 atom stereocenters. The molecule has 0 bridgehead atoms. The highest BCUT2D eigenvalue weighted by molar-refractivity contribution is 5.41. The van der Waals surface area contributed by atoms with Gasteiger partial charge in [-0.2, -0.15) is 18.3 Å². The van der Waals surface area contributed by atoms with Gasteiger partial charge in [0.05, 0.1) is 5.69 Å². The molecule has 2 aromatic rings. The van der Waals surface area contributed by atoms with Crippen LogP contribution in [0.3, 0.4) is 0 Å². The molecule has 0 amide bonds. The minimum absolute atomic E-state index is 0.222. The summed E-state index contributed by atoms with van der Waals surface area (Å²) < 4.78 is 38.7. The Morgan fingerprint density at radius 3 is 2.40 bits per heavy atom. The van der Waals surface area contributed by atoms with Crippen LogP contribution in [-0.4, -0.2) is 14.6 Å². The van der Waals surface area contributed by atoms with Crippen LogP contribution in [0, 0.1) is 13.8 Å². The maximum Gasteiger partial charge on any atom is 0.433 e. The number of nitrogens with zero attached hydrogens (tertiary/aromatic N) is 3. The van der Waals surface area contributed by atoms with Crippen molar-refractivity contribution >= 4 is 5.65 Å². The van der Waals surface area contributed by atoms with Crippen molar-refractivity contribution in [2.45, 2.75) is 20.0 Å². The van der Waals surface area contributed by atoms with E-state index >= 15 is 0 Å². The molecule has 6 heteroatoms. The standard InChI is InChI=1S/C9H8F3N3/c1-5-3-7(9(10,11)12)15-8(13-5)4-6(2)14-15/h3-4H,1-2H3. The van der Waals surface area contributed by atoms with E-state index in [0.29, 0.717) is 11.4 Å². The molecule has 0 aliphatic heterocycles. The van der Waals surface area contributed by atoms with Crippen molar-refractivity contribution in [3.05, 3.63) is 29.2 Å². The zero-order valence-electron chi connectivity index (χ0n) is 8.13. The molecule has 0 spiro atoms. The summed E-state index contributed by atoms with van der Waals surface area (Å²) >= 11 is 0. The monoisotopic (exact) mass is 215 g/mol. The molecular formula is C9H8F3N3. The third-order valence-corrected chi connectivity index (χ3v) is 1.97. The molecule has 15 heavy (non-hydrogen) atoms. The highest BCUT2D eigenvalue weighted by Gasteiger charge is 2.34. The van der Waals surface area contributed by atoms with Crippen LogP contribution in [-0.2, 0) is 6.18 Å². The van der Waals surface area contributed by atoms with Crippen LogP contribution in [0.2, 0.25) is 0 Å². The Balaban J connectivity index is 2.82. The van der Waals surface area contributed by atoms with Crippen molar-refractivity contribution in [3.8, 4) is 0 Å². The third-order valence-electron chi connectivity index (χ3n) is 1.97. The zero-order valence-corrected chi connectivity index (χ0v) is 8.13. The van der Waals surface area contributed by atoms with Gasteiger partial charge in [0.2, 0.25) is 0 Å². The Hall–Kier alpha value is -1.59. The van der Waals surface area contributed by atoms with E-state index in [0.717, 1.165) is 10.6 Å². The predicted octanol–water partition coefficient (Wildman–Crippen LogP) is 2.36. The Labute approximate surface area is 83.5 Å². The average molecular weight is 215 g/mol. The number of fused-ring (bicyclic) bond motifs is 1. The largest absolute Gasteiger partial charge is 0.433 e. The van der Waals surface area contributed by atoms with E-state index < -0.39 is 11.9 Å². The Bertz CT molecular complexity index is 513. The fourth-order valence-corrected chi connectivity index (χ4v) is 1.42. The maximum absolute atomic E-state index is 12.6. The van der Waals surface area contributed by atoms with Gasteiger partial charge in [-0.1, -0.05) is 0 Å². The number of rotatable bonds is 0. The Morgan fingerprint density at radius 1 is 1.13 bits per heavy atom. The summed E-state index contributed by atoms with van der Waals surface area (Å²) in [5.74, 6) is 0. The van der Waals surface area contributed by atoms with E-state index in [-0.39, 0.29) is 5.65 Å². The number of hydrogen-bond acceptors (Lipinski definition) is 2. The lowest BCUT2D eigenvalue weighted by Gasteiger charge is -2.08. The quantitative estimate of drug-likeness (QED) is 0.675. The highest BCUT2D eigenvalue weighted by Crippen LogP contribution is 2.29. The molecule has 0 aliphatic carbocycles. The predicted molar refractivity (Wildman–Crippen MR) is 47.5 cm³/mol. The van der Waals surface area contributed by atoms with Crippen molar-refractivity contribution in [2.24, 2.45) is 0 Å². The summed E-state index contributed by atoms with van der Waals surface area (Å²) in [5, 5.41) is 3.75. The second kappa shape index (κ2) is 2.95. The molecule has 0 aromatic carbocycles. The van der Waals surface area contributed by atoms with Crippen molar-refractivity contribution in [2.75, 3.05) is 0 Å². The summed E-state index contributed by atoms with van der Waals surface area (Å²) in [4.78, 5) is 3.97. The van der Waals surface area contributed by atoms with Crippen LogP contribution < -0.4 is 0 Å². The molecule has 80 valence electrons. The van der Waals surface area contributed by atoms with E-state index in [1.54, 1.807) is 6.92 Å². The summed E-state index contributed by atoms with van der Waals surface area (Å²) in [7, 11) is 0. The van der Waals surface area contributed by atoms with Gasteiger partial charge in [0.1, 0.15) is 5.69 Å². The van der Waals surface area contributed by atoms with Crippen LogP contribution >= 0.6 is 0 Å². The first-order valence-electron chi connectivity index (χ1n) is 4.29. The van der Waals surface area contributed by atoms with Crippen LogP contribution in [0.1, 0.15) is 17.1 Å². The highest BCUT2D eigenvalue weighted by atomic mass is 19.4. The minimum atomic E-state index is -4.41. The van der Waals surface area contributed by atoms with E-state index in [1.807, 2.05) is 0 Å². The molecule has 3 nitrogen and oxygen atoms in total. The SMILES string of the molecule is Cc1cc(C(F)(F)F)n2nc(C)cc2n1. The van der Waals surface area contributed by atoms with Gasteiger partial charge in [-0.05, 0) is 19.9 Å². The molecule has 0 radical (unpaired) electrons. The van der Waals surface area contributed by atoms with Gasteiger partial charge >= 0.3 is 6.18 Å². The second-order valence-electron chi connectivity index (χ2n) is 3.34. The first-order chi connectivity index (χ1) is 6.88. The average Bonchev–Trinajstić information content (AvgIpc) is 2.41. The van der Waals surface area contributed by atoms with Crippen molar-refractivity contribution in [1.29, 1.82) is 0 Å². The number of halogens is 3. The van der Waals surface area contributed by atoms with Crippen LogP contribution in [0.5, 0.6) is 0 Å². The first kappa shape index (κ1) is 9.95. The Kier molecular flexibility index (Phi) is 1.95. The zero-order chi connectivity index (χ0) is 11.2. The van der Waals surface area contributed by atoms with Gasteiger partial charge in [0, 0.05) is 11.8 Å². The normalized spacial score (nSPS) is 12.3. The van der Waals surface area contributed by atoms with Gasteiger partial charge in [0.15, 0.2) is 5.65 Å². The van der Waals surface area contributed by atoms with Crippen LogP contribution in [0.4, 0.5) is 13.2 Å². The smallest absolute Gasteiger partial charge is 0.234 e. The van der Waals surface area contributed by atoms with E-state index in [1.165, 1.54) is 13.0 Å². The van der Waals surface area contributed by atoms with E-state index in [9.17, 15) is 13.2 Å². The molecule has 0 saturated heterocycles. The van der Waals surface area contributed by atoms with Gasteiger partial charge in [-0.3, -0.25) is 0 Å². The second-order valence-corrected chi connectivity index (χ2v) is 3.34. The minimum Gasteiger partial charge on any atom is -0.234 e. The lowest BCUT2D eigenvalue weighted by molar-refractivity contribution is -0.142. The van der Waals surface area contributed by atoms with E-state index in [2.05, 4.69) is 10.1 Å². The summed E-state index contributed by atoms with van der Waals surface area (Å²) in [6, 6.07) is 2.50. The van der Waals surface area contributed by atoms with Crippen LogP contribution in [0.25, 0.3) is 5.65 Å². The molecule has 0 aliphatic rings. The molecule has 0 saturated carbocycles. The summed E-state index contributed by atoms with van der Waals surface area (Å²) in [6.07, 6.45) is -4.41. The van der Waals surface area contributed by atoms with Crippen molar-refractivity contribution in [3.63, 3.8) is 0 Å². The topological polar surface area (TPSA) is 30.2 Å². The summed E-state index contributed by atoms with van der Waals surface area (Å²) in [5.41, 5.74) is 0.270. The van der Waals surface area contributed by atoms with Crippen molar-refractivity contribution in [1.82, 2.24) is 14.6 Å². The summed E-state index contributed by atoms with van der Waals surface area (Å²) in [6.45, 7) is 3.15. The number of alkyl halides is 3. The van der Waals surface area contributed by atoms with Crippen LogP contribution in [0.15, 0.2) is 12.1 Å². The fourth-order valence-electron chi connectivity index (χ4n) is 1.42. The lowest BCUT2D eigenvalue weighted by atomic mass is 10.3. The number of aromatic nitrogens is 3. The van der Waals surface area contributed by atoms with Gasteiger partial charge in [-0.15, -0.1) is 0 Å². The molecule has 0 unspecified atom stereocenters. The Morgan fingerprint density at radius 2 is 1.80 bits per heavy atom. The molecule has 2 rings (SSSR count). The molecule has 2 heterocycles. The number of aryl methyl sites for hydroxylation is 2. The fraction of sp³-hybridized carbons (Fsp3) is 0.333. The molecule has 2 aromatic heterocycles. The molecule has 0 N–H and O–H groups in total. The molecular weight excluding hydrogens is 207 g/mol. The van der Waals surface area contributed by atoms with E-state index in [4.69, 9.17) is 0 Å². The van der Waals surface area contributed by atoms with Gasteiger partial charge < -0.3 is 0 Å². The van der Waals surface area contributed by atoms with Gasteiger partial charge in [-0.25, -0.2) is 9.50 Å². The first-order valence-corrected chi connectivity index (χ1v) is 4.29. The third kappa shape index (κ3) is 1.67. The van der Waals surface area contributed by atoms with Gasteiger partial charge in [0.25, 0.3) is 0 Å². The van der Waals surface area contributed by atoms with Crippen molar-refractivity contribution < 1.29 is 13.2 Å². The molecule has 0 fully saturated rings. The number of hydrogen-bond donors (Lipinski definition) is 0.